The van der Waals surface area contributed by atoms with Crippen LogP contribution < -0.4 is 5.32 Å². The molecule has 0 radical (unpaired) electrons. The molecule has 4 nitrogen and oxygen atoms in total. The Morgan fingerprint density at radius 1 is 1.11 bits per heavy atom. The molecule has 0 amide bonds. The number of rotatable bonds is 5. The number of alkyl halides is 3. The Hall–Kier alpha value is -3.09. The largest absolute Gasteiger partial charge is 0.465 e. The Morgan fingerprint density at radius 3 is 2.39 bits per heavy atom. The molecule has 7 heteroatoms. The third-order valence-electron chi connectivity index (χ3n) is 4.82. The van der Waals surface area contributed by atoms with Crippen molar-refractivity contribution in [3.05, 3.63) is 77.9 Å². The van der Waals surface area contributed by atoms with Crippen molar-refractivity contribution in [3.63, 3.8) is 0 Å². The predicted octanol–water partition coefficient (Wildman–Crippen LogP) is 4.28. The molecule has 1 N–H and O–H groups in total. The summed E-state index contributed by atoms with van der Waals surface area (Å²) in [4.78, 5) is 24.7. The summed E-state index contributed by atoms with van der Waals surface area (Å²) in [5.74, 6) is -1.26. The fraction of sp³-hybridized carbons (Fsp3) is 0.238. The van der Waals surface area contributed by atoms with Crippen molar-refractivity contribution in [2.24, 2.45) is 0 Å². The van der Waals surface area contributed by atoms with Gasteiger partial charge in [0.1, 0.15) is 0 Å². The molecule has 1 aliphatic rings. The maximum atomic E-state index is 13.5. The molecule has 0 fully saturated rings. The van der Waals surface area contributed by atoms with E-state index in [1.807, 2.05) is 0 Å². The highest BCUT2D eigenvalue weighted by atomic mass is 19.4. The van der Waals surface area contributed by atoms with Gasteiger partial charge in [-0.2, -0.15) is 13.2 Å². The molecule has 3 rings (SSSR count). The van der Waals surface area contributed by atoms with Crippen molar-refractivity contribution in [1.29, 1.82) is 0 Å². The number of carbonyl (C=O) groups excluding carboxylic acids is 2. The smallest absolute Gasteiger partial charge is 0.390 e. The minimum Gasteiger partial charge on any atom is -0.465 e. The molecule has 146 valence electrons. The first-order valence-corrected chi connectivity index (χ1v) is 8.57. The number of allylic oxidation sites excluding steroid dienone is 1. The number of carbonyl (C=O) groups is 2. The monoisotopic (exact) mass is 389 g/mol. The van der Waals surface area contributed by atoms with Gasteiger partial charge in [0.15, 0.2) is 5.78 Å². The van der Waals surface area contributed by atoms with Crippen LogP contribution in [0.1, 0.15) is 22.3 Å². The van der Waals surface area contributed by atoms with Crippen molar-refractivity contribution in [2.75, 3.05) is 12.4 Å². The highest BCUT2D eigenvalue weighted by Gasteiger charge is 2.54. The summed E-state index contributed by atoms with van der Waals surface area (Å²) in [5, 5.41) is 2.96. The van der Waals surface area contributed by atoms with E-state index in [-0.39, 0.29) is 11.1 Å². The van der Waals surface area contributed by atoms with Crippen LogP contribution in [0, 0.1) is 0 Å². The third kappa shape index (κ3) is 3.65. The molecule has 2 aromatic carbocycles. The van der Waals surface area contributed by atoms with Gasteiger partial charge in [-0.3, -0.25) is 4.79 Å². The number of esters is 1. The number of nitrogens with one attached hydrogen (secondary N) is 1. The topological polar surface area (TPSA) is 55.4 Å². The summed E-state index contributed by atoms with van der Waals surface area (Å²) in [6.07, 6.45) is -3.32. The number of methoxy groups -OCH3 is 1. The number of halogens is 3. The Balaban J connectivity index is 2.08. The summed E-state index contributed by atoms with van der Waals surface area (Å²) in [6.45, 7) is 0. The summed E-state index contributed by atoms with van der Waals surface area (Å²) >= 11 is 0. The molecule has 0 aliphatic heterocycles. The molecule has 1 aliphatic carbocycles. The van der Waals surface area contributed by atoms with Crippen LogP contribution in [0.4, 0.5) is 18.9 Å². The van der Waals surface area contributed by atoms with Crippen molar-refractivity contribution < 1.29 is 27.5 Å². The summed E-state index contributed by atoms with van der Waals surface area (Å²) in [6, 6.07) is 13.2. The van der Waals surface area contributed by atoms with Gasteiger partial charge in [-0.05, 0) is 23.8 Å². The normalized spacial score (nSPS) is 21.6. The van der Waals surface area contributed by atoms with Gasteiger partial charge in [0.05, 0.1) is 30.6 Å². The van der Waals surface area contributed by atoms with Gasteiger partial charge in [-0.25, -0.2) is 4.79 Å². The zero-order valence-corrected chi connectivity index (χ0v) is 15.0. The Kier molecular flexibility index (Phi) is 5.27. The van der Waals surface area contributed by atoms with E-state index in [0.29, 0.717) is 5.69 Å². The maximum Gasteiger partial charge on any atom is 0.390 e. The lowest BCUT2D eigenvalue weighted by Gasteiger charge is -2.36. The van der Waals surface area contributed by atoms with E-state index in [9.17, 15) is 22.8 Å². The number of hydrogen-bond acceptors (Lipinski definition) is 4. The van der Waals surface area contributed by atoms with Crippen LogP contribution in [-0.2, 0) is 14.9 Å². The standard InChI is InChI=1S/C21H18F3NO3/c1-28-19(27)15-9-5-6-10-16(15)25-17-11-12-18(26)20(17,13-21(22,23)24)14-7-3-2-4-8-14/h2-12,17,25H,13H2,1H3/t17-,20-/m1/s1. The lowest BCUT2D eigenvalue weighted by atomic mass is 9.71. The summed E-state index contributed by atoms with van der Waals surface area (Å²) in [5.41, 5.74) is -1.13. The first-order chi connectivity index (χ1) is 13.3. The minimum absolute atomic E-state index is 0.173. The summed E-state index contributed by atoms with van der Waals surface area (Å²) < 4.78 is 45.2. The second-order valence-electron chi connectivity index (χ2n) is 6.51. The summed E-state index contributed by atoms with van der Waals surface area (Å²) in [7, 11) is 1.22. The SMILES string of the molecule is COC(=O)c1ccccc1N[C@@H]1C=CC(=O)[C@]1(CC(F)(F)F)c1ccccc1. The van der Waals surface area contributed by atoms with Gasteiger partial charge >= 0.3 is 12.1 Å². The highest BCUT2D eigenvalue weighted by Crippen LogP contribution is 2.44. The zero-order chi connectivity index (χ0) is 20.4. The fourth-order valence-corrected chi connectivity index (χ4v) is 3.56. The van der Waals surface area contributed by atoms with E-state index < -0.39 is 35.8 Å². The fourth-order valence-electron chi connectivity index (χ4n) is 3.56. The first-order valence-electron chi connectivity index (χ1n) is 8.57. The second-order valence-corrected chi connectivity index (χ2v) is 6.51. The highest BCUT2D eigenvalue weighted by molar-refractivity contribution is 6.04. The molecule has 0 bridgehead atoms. The van der Waals surface area contributed by atoms with Crippen molar-refractivity contribution in [1.82, 2.24) is 0 Å². The van der Waals surface area contributed by atoms with Gasteiger partial charge in [-0.1, -0.05) is 48.5 Å². The molecule has 0 unspecified atom stereocenters. The number of benzene rings is 2. The van der Waals surface area contributed by atoms with E-state index in [4.69, 9.17) is 4.74 Å². The van der Waals surface area contributed by atoms with Gasteiger partial charge in [-0.15, -0.1) is 0 Å². The molecular weight excluding hydrogens is 371 g/mol. The van der Waals surface area contributed by atoms with Crippen LogP contribution in [0.5, 0.6) is 0 Å². The molecule has 0 saturated heterocycles. The lowest BCUT2D eigenvalue weighted by molar-refractivity contribution is -0.155. The van der Waals surface area contributed by atoms with Crippen LogP contribution in [0.25, 0.3) is 0 Å². The van der Waals surface area contributed by atoms with Gasteiger partial charge in [0, 0.05) is 5.69 Å². The number of ketones is 1. The molecule has 0 aromatic heterocycles. The molecule has 2 aromatic rings. The van der Waals surface area contributed by atoms with Crippen LogP contribution in [0.2, 0.25) is 0 Å². The number of para-hydroxylation sites is 1. The van der Waals surface area contributed by atoms with Crippen LogP contribution in [0.3, 0.4) is 0 Å². The van der Waals surface area contributed by atoms with E-state index in [1.54, 1.807) is 36.4 Å². The molecule has 28 heavy (non-hydrogen) atoms. The van der Waals surface area contributed by atoms with E-state index >= 15 is 0 Å². The van der Waals surface area contributed by atoms with Crippen molar-refractivity contribution >= 4 is 17.4 Å². The molecule has 2 atom stereocenters. The van der Waals surface area contributed by atoms with Gasteiger partial charge < -0.3 is 10.1 Å². The van der Waals surface area contributed by atoms with E-state index in [0.717, 1.165) is 6.08 Å². The maximum absolute atomic E-state index is 13.5. The van der Waals surface area contributed by atoms with Crippen molar-refractivity contribution in [2.45, 2.75) is 24.1 Å². The Labute approximate surface area is 160 Å². The van der Waals surface area contributed by atoms with Gasteiger partial charge in [0.2, 0.25) is 0 Å². The lowest BCUT2D eigenvalue weighted by Crippen LogP contribution is -2.48. The third-order valence-corrected chi connectivity index (χ3v) is 4.82. The Bertz CT molecular complexity index is 909. The van der Waals surface area contributed by atoms with Crippen LogP contribution >= 0.6 is 0 Å². The van der Waals surface area contributed by atoms with Crippen LogP contribution in [0.15, 0.2) is 66.7 Å². The van der Waals surface area contributed by atoms with Crippen molar-refractivity contribution in [3.8, 4) is 0 Å². The van der Waals surface area contributed by atoms with E-state index in [2.05, 4.69) is 5.32 Å². The number of anilines is 1. The average molecular weight is 389 g/mol. The second kappa shape index (κ2) is 7.50. The van der Waals surface area contributed by atoms with Gasteiger partial charge in [0.25, 0.3) is 0 Å². The average Bonchev–Trinajstić information content (AvgIpc) is 2.97. The molecular formula is C21H18F3NO3. The number of hydrogen-bond donors (Lipinski definition) is 1. The number of ether oxygens (including phenoxy) is 1. The first kappa shape index (κ1) is 19.7. The van der Waals surface area contributed by atoms with E-state index in [1.165, 1.54) is 31.4 Å². The van der Waals surface area contributed by atoms with Crippen LogP contribution in [-0.4, -0.2) is 31.1 Å². The predicted molar refractivity (Wildman–Crippen MR) is 98.1 cm³/mol. The quantitative estimate of drug-likeness (QED) is 0.776. The zero-order valence-electron chi connectivity index (χ0n) is 15.0. The molecule has 0 saturated carbocycles. The Morgan fingerprint density at radius 2 is 1.75 bits per heavy atom. The molecule has 0 spiro atoms. The molecule has 0 heterocycles. The minimum atomic E-state index is -4.57.